The zero-order valence-electron chi connectivity index (χ0n) is 38.7. The highest BCUT2D eigenvalue weighted by atomic mass is 16.6. The van der Waals surface area contributed by atoms with Crippen molar-refractivity contribution in [3.8, 4) is 0 Å². The van der Waals surface area contributed by atoms with Crippen molar-refractivity contribution in [2.24, 2.45) is 23.7 Å². The van der Waals surface area contributed by atoms with E-state index in [0.29, 0.717) is 49.4 Å². The second kappa shape index (κ2) is 23.6. The number of ether oxygens (including phenoxy) is 4. The van der Waals surface area contributed by atoms with Crippen molar-refractivity contribution in [1.29, 1.82) is 0 Å². The number of nitrogens with zero attached hydrogens (tertiary/aromatic N) is 2. The van der Waals surface area contributed by atoms with Gasteiger partial charge in [0.05, 0.1) is 0 Å². The van der Waals surface area contributed by atoms with Crippen LogP contribution in [0.1, 0.15) is 116 Å². The number of hydrogen-bond acceptors (Lipinski definition) is 12. The first kappa shape index (κ1) is 53.1. The minimum atomic E-state index is -1.50. The molecule has 2 aromatic rings. The molecule has 4 N–H and O–H groups in total. The number of rotatable bonds is 18. The van der Waals surface area contributed by atoms with Crippen LogP contribution in [0.15, 0.2) is 60.7 Å². The lowest BCUT2D eigenvalue weighted by atomic mass is 9.99. The number of aliphatic hydroxyl groups is 2. The van der Waals surface area contributed by atoms with Crippen molar-refractivity contribution >= 4 is 36.1 Å². The fraction of sp³-hybridized carbons (Fsp3) is 0.625. The standard InChI is InChI=1S/C17H23NO4.C14H18O3.C10H17NO4.C7H12O3/c1-17(11-13-9-10-13,22-16(20)18(2)3)15(19)21-12-14-7-5-4-6-8-14;1-14(16,9-11-7-8-11)13(15)17-10-12-5-3-2-4-6-12;1-10(8(12)13,6-7-4-5-7)15-9(14)11(2)3;1-7(10,6(8)9)4-5-2-3-5/h4-8,13H,9-12H2,1-3H3;2-6,11,16H,7-10H2,1H3;7H,4-6H2,1-3H3,(H,12,13);5,10H,2-4H2,1H3,(H,8,9)/t17-;14-;10-;/m111./s1. The van der Waals surface area contributed by atoms with Gasteiger partial charge in [0.2, 0.25) is 11.2 Å². The van der Waals surface area contributed by atoms with Crippen LogP contribution in [0, 0.1) is 23.7 Å². The predicted molar refractivity (Wildman–Crippen MR) is 236 cm³/mol. The van der Waals surface area contributed by atoms with E-state index in [1.165, 1.54) is 37.7 Å². The van der Waals surface area contributed by atoms with Crippen LogP contribution in [0.2, 0.25) is 0 Å². The van der Waals surface area contributed by atoms with Gasteiger partial charge in [0.15, 0.2) is 11.2 Å². The fourth-order valence-corrected chi connectivity index (χ4v) is 6.35. The molecule has 0 heterocycles. The molecule has 0 aliphatic heterocycles. The highest BCUT2D eigenvalue weighted by molar-refractivity contribution is 5.83. The molecule has 4 fully saturated rings. The highest BCUT2D eigenvalue weighted by Crippen LogP contribution is 2.40. The smallest absolute Gasteiger partial charge is 0.410 e. The number of carbonyl (C=O) groups is 6. The quantitative estimate of drug-likeness (QED) is 0.0856. The number of benzene rings is 2. The zero-order chi connectivity index (χ0) is 47.9. The van der Waals surface area contributed by atoms with Crippen LogP contribution < -0.4 is 0 Å². The Morgan fingerprint density at radius 1 is 0.500 bits per heavy atom. The van der Waals surface area contributed by atoms with E-state index in [1.807, 2.05) is 60.7 Å². The molecule has 0 saturated heterocycles. The Balaban J connectivity index is 0.000000235. The van der Waals surface area contributed by atoms with E-state index in [9.17, 15) is 39.0 Å². The first-order valence-corrected chi connectivity index (χ1v) is 22.0. The molecule has 4 saturated carbocycles. The summed E-state index contributed by atoms with van der Waals surface area (Å²) in [5, 5.41) is 36.7. The number of hydrogen-bond donors (Lipinski definition) is 4. The van der Waals surface area contributed by atoms with Gasteiger partial charge in [-0.3, -0.25) is 0 Å². The van der Waals surface area contributed by atoms with Crippen LogP contribution in [0.25, 0.3) is 0 Å². The van der Waals surface area contributed by atoms with Gasteiger partial charge in [0.25, 0.3) is 0 Å². The lowest BCUT2D eigenvalue weighted by molar-refractivity contribution is -0.167. The van der Waals surface area contributed by atoms with Crippen LogP contribution in [0.5, 0.6) is 0 Å². The van der Waals surface area contributed by atoms with Crippen LogP contribution in [0.3, 0.4) is 0 Å². The Kier molecular flexibility index (Phi) is 19.6. The van der Waals surface area contributed by atoms with Crippen molar-refractivity contribution in [3.05, 3.63) is 71.8 Å². The van der Waals surface area contributed by atoms with Gasteiger partial charge in [-0.05, 0) is 75.3 Å². The molecule has 0 radical (unpaired) electrons. The predicted octanol–water partition coefficient (Wildman–Crippen LogP) is 7.22. The lowest BCUT2D eigenvalue weighted by Crippen LogP contribution is -2.44. The maximum Gasteiger partial charge on any atom is 0.410 e. The molecule has 16 nitrogen and oxygen atoms in total. The Morgan fingerprint density at radius 3 is 1.17 bits per heavy atom. The summed E-state index contributed by atoms with van der Waals surface area (Å²) in [6.45, 7) is 6.39. The molecule has 2 amide bonds. The second-order valence-corrected chi connectivity index (χ2v) is 18.9. The van der Waals surface area contributed by atoms with E-state index in [-0.39, 0.29) is 13.2 Å². The van der Waals surface area contributed by atoms with Gasteiger partial charge in [-0.2, -0.15) is 0 Å². The van der Waals surface area contributed by atoms with E-state index in [4.69, 9.17) is 29.2 Å². The molecule has 1 unspecified atom stereocenters. The van der Waals surface area contributed by atoms with Crippen molar-refractivity contribution in [1.82, 2.24) is 9.80 Å². The molecule has 4 aliphatic rings. The van der Waals surface area contributed by atoms with E-state index in [2.05, 4.69) is 0 Å². The van der Waals surface area contributed by atoms with Crippen LogP contribution in [0.4, 0.5) is 9.59 Å². The van der Waals surface area contributed by atoms with Gasteiger partial charge in [-0.1, -0.05) is 112 Å². The molecular formula is C48H70N2O14. The monoisotopic (exact) mass is 898 g/mol. The van der Waals surface area contributed by atoms with E-state index in [0.717, 1.165) is 62.5 Å². The summed E-state index contributed by atoms with van der Waals surface area (Å²) in [6.07, 6.45) is 9.27. The largest absolute Gasteiger partial charge is 0.479 e. The van der Waals surface area contributed by atoms with Gasteiger partial charge < -0.3 is 49.2 Å². The summed E-state index contributed by atoms with van der Waals surface area (Å²) in [5.41, 5.74) is -3.61. The molecule has 4 atom stereocenters. The normalized spacial score (nSPS) is 18.8. The first-order valence-electron chi connectivity index (χ1n) is 22.0. The van der Waals surface area contributed by atoms with E-state index < -0.39 is 58.5 Å². The van der Waals surface area contributed by atoms with Crippen molar-refractivity contribution in [2.75, 3.05) is 28.2 Å². The third-order valence-corrected chi connectivity index (χ3v) is 11.1. The van der Waals surface area contributed by atoms with Gasteiger partial charge in [0.1, 0.15) is 13.2 Å². The minimum Gasteiger partial charge on any atom is -0.479 e. The molecule has 0 aromatic heterocycles. The van der Waals surface area contributed by atoms with Crippen LogP contribution in [-0.2, 0) is 51.3 Å². The third-order valence-electron chi connectivity index (χ3n) is 11.1. The molecule has 6 rings (SSSR count). The van der Waals surface area contributed by atoms with Crippen LogP contribution >= 0.6 is 0 Å². The summed E-state index contributed by atoms with van der Waals surface area (Å²) in [6, 6.07) is 18.9. The van der Waals surface area contributed by atoms with Crippen molar-refractivity contribution in [2.45, 2.75) is 140 Å². The van der Waals surface area contributed by atoms with E-state index in [1.54, 1.807) is 27.9 Å². The molecule has 4 aliphatic carbocycles. The lowest BCUT2D eigenvalue weighted by Gasteiger charge is -2.28. The van der Waals surface area contributed by atoms with Gasteiger partial charge >= 0.3 is 36.1 Å². The SMILES string of the molecule is CC(O)(CC1CC1)C(=O)O.CN(C)C(=O)O[C@](C)(CC1CC1)C(=O)O.CN(C)C(=O)O[C@](C)(CC1CC1)C(=O)OCc1ccccc1.C[C@@](O)(CC1CC1)C(=O)OCc1ccccc1. The minimum absolute atomic E-state index is 0.180. The number of carboxylic acids is 2. The van der Waals surface area contributed by atoms with Crippen molar-refractivity contribution in [3.63, 3.8) is 0 Å². The molecule has 2 aromatic carbocycles. The summed E-state index contributed by atoms with van der Waals surface area (Å²) < 4.78 is 20.9. The third kappa shape index (κ3) is 19.7. The van der Waals surface area contributed by atoms with Crippen LogP contribution in [-0.4, -0.2) is 117 Å². The average molecular weight is 899 g/mol. The fourth-order valence-electron chi connectivity index (χ4n) is 6.35. The number of amides is 2. The molecule has 64 heavy (non-hydrogen) atoms. The number of carbonyl (C=O) groups excluding carboxylic acids is 4. The number of esters is 2. The number of aliphatic carboxylic acids is 2. The van der Waals surface area contributed by atoms with Gasteiger partial charge in [0, 0.05) is 41.0 Å². The first-order chi connectivity index (χ1) is 29.9. The average Bonchev–Trinajstić information content (AvgIpc) is 3.99. The maximum absolute atomic E-state index is 12.4. The molecule has 356 valence electrons. The zero-order valence-corrected chi connectivity index (χ0v) is 38.7. The molecule has 0 spiro atoms. The molecule has 0 bridgehead atoms. The van der Waals surface area contributed by atoms with Gasteiger partial charge in [-0.25, -0.2) is 28.8 Å². The Hall–Kier alpha value is -5.22. The Bertz CT molecular complexity index is 1840. The van der Waals surface area contributed by atoms with Crippen molar-refractivity contribution < 1.29 is 68.1 Å². The second-order valence-electron chi connectivity index (χ2n) is 18.9. The summed E-state index contributed by atoms with van der Waals surface area (Å²) in [5.74, 6) is -1.43. The summed E-state index contributed by atoms with van der Waals surface area (Å²) >= 11 is 0. The Morgan fingerprint density at radius 2 is 0.828 bits per heavy atom. The highest BCUT2D eigenvalue weighted by Gasteiger charge is 2.45. The maximum atomic E-state index is 12.4. The van der Waals surface area contributed by atoms with Gasteiger partial charge in [-0.15, -0.1) is 0 Å². The number of carboxylic acid groups (broad SMARTS) is 2. The van der Waals surface area contributed by atoms with E-state index >= 15 is 0 Å². The molecular weight excluding hydrogens is 829 g/mol. The topological polar surface area (TPSA) is 227 Å². The Labute approximate surface area is 377 Å². The summed E-state index contributed by atoms with van der Waals surface area (Å²) in [4.78, 5) is 71.2. The summed E-state index contributed by atoms with van der Waals surface area (Å²) in [7, 11) is 6.24. The molecule has 16 heteroatoms.